The Morgan fingerprint density at radius 2 is 1.97 bits per heavy atom. The first-order valence-corrected chi connectivity index (χ1v) is 13.0. The number of benzene rings is 2. The van der Waals surface area contributed by atoms with E-state index in [0.717, 1.165) is 28.9 Å². The van der Waals surface area contributed by atoms with Crippen molar-refractivity contribution in [3.05, 3.63) is 59.5 Å². The van der Waals surface area contributed by atoms with Crippen LogP contribution in [0.4, 0.5) is 16.5 Å². The fraction of sp³-hybridized carbons (Fsp3) is 0.292. The van der Waals surface area contributed by atoms with Gasteiger partial charge in [0.15, 0.2) is 5.13 Å². The number of carbonyl (C=O) groups is 1. The number of piperazine rings is 1. The summed E-state index contributed by atoms with van der Waals surface area (Å²) in [5.74, 6) is -0.474. The molecule has 0 radical (unpaired) electrons. The summed E-state index contributed by atoms with van der Waals surface area (Å²) >= 11 is 1.69. The highest BCUT2D eigenvalue weighted by molar-refractivity contribution is 8.16. The molecule has 0 saturated carbocycles. The molecule has 2 saturated heterocycles. The lowest BCUT2D eigenvalue weighted by atomic mass is 10.2. The summed E-state index contributed by atoms with van der Waals surface area (Å²) in [5, 5.41) is 15.5. The second kappa shape index (κ2) is 9.07. The van der Waals surface area contributed by atoms with Crippen molar-refractivity contribution in [1.29, 1.82) is 0 Å². The van der Waals surface area contributed by atoms with Crippen LogP contribution in [0.25, 0.3) is 0 Å². The summed E-state index contributed by atoms with van der Waals surface area (Å²) in [6.45, 7) is 4.03. The number of rotatable bonds is 7. The minimum atomic E-state index is -0.976. The van der Waals surface area contributed by atoms with Crippen molar-refractivity contribution in [2.45, 2.75) is 30.5 Å². The first-order chi connectivity index (χ1) is 16.1. The fourth-order valence-electron chi connectivity index (χ4n) is 4.58. The third-order valence-corrected chi connectivity index (χ3v) is 8.77. The summed E-state index contributed by atoms with van der Waals surface area (Å²) in [5.41, 5.74) is 2.25. The van der Waals surface area contributed by atoms with E-state index in [9.17, 15) is 9.90 Å². The van der Waals surface area contributed by atoms with E-state index in [1.807, 2.05) is 6.92 Å². The van der Waals surface area contributed by atoms with Crippen LogP contribution in [0.2, 0.25) is 0 Å². The van der Waals surface area contributed by atoms with E-state index in [2.05, 4.69) is 55.6 Å². The highest BCUT2D eigenvalue weighted by Crippen LogP contribution is 2.41. The van der Waals surface area contributed by atoms with E-state index in [1.165, 1.54) is 18.2 Å². The zero-order chi connectivity index (χ0) is 22.9. The van der Waals surface area contributed by atoms with Gasteiger partial charge in [-0.1, -0.05) is 18.2 Å². The first-order valence-electron chi connectivity index (χ1n) is 10.8. The molecule has 2 aliphatic rings. The summed E-state index contributed by atoms with van der Waals surface area (Å²) in [4.78, 5) is 21.2. The molecule has 0 aliphatic carbocycles. The molecular weight excluding hydrogens is 456 g/mol. The molecule has 2 N–H and O–H groups in total. The fourth-order valence-corrected chi connectivity index (χ4v) is 7.02. The van der Waals surface area contributed by atoms with Crippen LogP contribution in [0.15, 0.2) is 58.9 Å². The Kier molecular flexibility index (Phi) is 5.99. The van der Waals surface area contributed by atoms with Gasteiger partial charge in [-0.05, 0) is 59.7 Å². The number of nitrogens with one attached hydrogen (secondary N) is 1. The number of ether oxygens (including phenoxy) is 1. The molecular formula is C24H26N4O3S2. The maximum absolute atomic E-state index is 11.3. The van der Waals surface area contributed by atoms with Gasteiger partial charge in [-0.3, -0.25) is 0 Å². The monoisotopic (exact) mass is 482 g/mol. The molecule has 5 rings (SSSR count). The van der Waals surface area contributed by atoms with Crippen molar-refractivity contribution in [2.24, 2.45) is 0 Å². The Morgan fingerprint density at radius 3 is 2.64 bits per heavy atom. The van der Waals surface area contributed by atoms with Crippen LogP contribution in [0.1, 0.15) is 23.7 Å². The SMILES string of the molecule is C/C=S(/Nc1ccc(C(=O)O)cc1OC)c1csc(N2C[C@@H]3C[C@H]2CN3c2ccccc2)n1. The summed E-state index contributed by atoms with van der Waals surface area (Å²) in [6, 6.07) is 16.5. The maximum Gasteiger partial charge on any atom is 0.335 e. The first kappa shape index (κ1) is 21.8. The highest BCUT2D eigenvalue weighted by atomic mass is 32.2. The minimum Gasteiger partial charge on any atom is -0.495 e. The Hall–Kier alpha value is -3.04. The van der Waals surface area contributed by atoms with E-state index in [-0.39, 0.29) is 5.56 Å². The van der Waals surface area contributed by atoms with Gasteiger partial charge in [0, 0.05) is 30.2 Å². The predicted molar refractivity (Wildman–Crippen MR) is 137 cm³/mol. The van der Waals surface area contributed by atoms with Crippen molar-refractivity contribution in [1.82, 2.24) is 4.98 Å². The molecule has 9 heteroatoms. The third-order valence-electron chi connectivity index (χ3n) is 6.17. The lowest BCUT2D eigenvalue weighted by Gasteiger charge is -2.35. The zero-order valence-electron chi connectivity index (χ0n) is 18.5. The molecule has 172 valence electrons. The van der Waals surface area contributed by atoms with Crippen molar-refractivity contribution in [3.63, 3.8) is 0 Å². The predicted octanol–water partition coefficient (Wildman–Crippen LogP) is 4.79. The van der Waals surface area contributed by atoms with Gasteiger partial charge in [-0.25, -0.2) is 9.78 Å². The molecule has 0 spiro atoms. The second-order valence-corrected chi connectivity index (χ2v) is 10.7. The average molecular weight is 483 g/mol. The zero-order valence-corrected chi connectivity index (χ0v) is 20.1. The standard InChI is InChI=1S/C24H26N4O3S2/c1-3-33(26-20-10-9-16(23(29)30)11-21(20)31-2)22-15-32-24(25-22)28-14-18-12-19(28)13-27(18)17-7-5-4-6-8-17/h3-11,15,18-19,26H,12-14H2,1-2H3,(H,29,30)/t18-,19-,33?/m0/s1. The molecule has 2 bridgehead atoms. The molecule has 3 atom stereocenters. The normalized spacial score (nSPS) is 20.3. The average Bonchev–Trinajstić information content (AvgIpc) is 3.59. The van der Waals surface area contributed by atoms with E-state index in [4.69, 9.17) is 9.72 Å². The van der Waals surface area contributed by atoms with Crippen molar-refractivity contribution >= 4 is 49.9 Å². The van der Waals surface area contributed by atoms with E-state index in [0.29, 0.717) is 17.8 Å². The molecule has 0 amide bonds. The van der Waals surface area contributed by atoms with E-state index >= 15 is 0 Å². The Balaban J connectivity index is 1.30. The number of hydrogen-bond acceptors (Lipinski definition) is 7. The van der Waals surface area contributed by atoms with Crippen LogP contribution >= 0.6 is 22.0 Å². The van der Waals surface area contributed by atoms with E-state index < -0.39 is 16.6 Å². The molecule has 7 nitrogen and oxygen atoms in total. The Bertz CT molecular complexity index is 1200. The number of carboxylic acids is 1. The maximum atomic E-state index is 11.3. The summed E-state index contributed by atoms with van der Waals surface area (Å²) in [7, 11) is 1.11. The Morgan fingerprint density at radius 1 is 1.21 bits per heavy atom. The molecule has 2 fully saturated rings. The van der Waals surface area contributed by atoms with Crippen LogP contribution in [-0.4, -0.2) is 53.7 Å². The highest BCUT2D eigenvalue weighted by Gasteiger charge is 2.44. The third kappa shape index (κ3) is 4.18. The number of nitrogens with zero attached hydrogens (tertiary/aromatic N) is 3. The molecule has 33 heavy (non-hydrogen) atoms. The molecule has 1 unspecified atom stereocenters. The number of aromatic nitrogens is 1. The number of methoxy groups -OCH3 is 1. The van der Waals surface area contributed by atoms with Gasteiger partial charge in [0.1, 0.15) is 10.8 Å². The van der Waals surface area contributed by atoms with Crippen molar-refractivity contribution < 1.29 is 14.6 Å². The molecule has 2 aliphatic heterocycles. The number of para-hydroxylation sites is 1. The van der Waals surface area contributed by atoms with Crippen LogP contribution in [0.3, 0.4) is 0 Å². The second-order valence-electron chi connectivity index (χ2n) is 8.05. The van der Waals surface area contributed by atoms with Crippen molar-refractivity contribution in [3.8, 4) is 5.75 Å². The summed E-state index contributed by atoms with van der Waals surface area (Å²) in [6.07, 6.45) is 1.17. The number of carboxylic acid groups (broad SMARTS) is 1. The smallest absolute Gasteiger partial charge is 0.335 e. The van der Waals surface area contributed by atoms with Crippen LogP contribution < -0.4 is 19.3 Å². The molecule has 1 aromatic heterocycles. The number of anilines is 3. The van der Waals surface area contributed by atoms with Gasteiger partial charge in [0.2, 0.25) is 0 Å². The number of thiazole rings is 1. The van der Waals surface area contributed by atoms with Crippen LogP contribution in [0, 0.1) is 0 Å². The number of hydrogen-bond donors (Lipinski definition) is 2. The minimum absolute atomic E-state index is 0.197. The van der Waals surface area contributed by atoms with Gasteiger partial charge < -0.3 is 24.4 Å². The molecule has 3 heterocycles. The topological polar surface area (TPSA) is 77.9 Å². The lowest BCUT2D eigenvalue weighted by Crippen LogP contribution is -2.46. The van der Waals surface area contributed by atoms with Gasteiger partial charge in [-0.15, -0.1) is 11.3 Å². The molecule has 3 aromatic rings. The van der Waals surface area contributed by atoms with E-state index in [1.54, 1.807) is 30.6 Å². The van der Waals surface area contributed by atoms with Crippen LogP contribution in [-0.2, 0) is 0 Å². The van der Waals surface area contributed by atoms with Gasteiger partial charge in [-0.2, -0.15) is 0 Å². The summed E-state index contributed by atoms with van der Waals surface area (Å²) < 4.78 is 8.89. The van der Waals surface area contributed by atoms with Crippen molar-refractivity contribution in [2.75, 3.05) is 34.7 Å². The molecule has 2 aromatic carbocycles. The Labute approximate surface area is 199 Å². The quantitative estimate of drug-likeness (QED) is 0.469. The van der Waals surface area contributed by atoms with Crippen LogP contribution in [0.5, 0.6) is 5.75 Å². The van der Waals surface area contributed by atoms with Gasteiger partial charge in [0.05, 0.1) is 24.4 Å². The number of aromatic carboxylic acids is 1. The van der Waals surface area contributed by atoms with Gasteiger partial charge >= 0.3 is 5.97 Å². The van der Waals surface area contributed by atoms with Gasteiger partial charge in [0.25, 0.3) is 0 Å². The largest absolute Gasteiger partial charge is 0.495 e. The number of fused-ring (bicyclic) bond motifs is 2. The lowest BCUT2D eigenvalue weighted by molar-refractivity contribution is 0.0696.